The van der Waals surface area contributed by atoms with Gasteiger partial charge in [0.25, 0.3) is 5.91 Å². The molecule has 5 nitrogen and oxygen atoms in total. The van der Waals surface area contributed by atoms with Crippen LogP contribution in [0.4, 0.5) is 5.69 Å². The first kappa shape index (κ1) is 14.8. The Morgan fingerprint density at radius 2 is 1.83 bits per heavy atom. The Hall–Kier alpha value is -2.73. The summed E-state index contributed by atoms with van der Waals surface area (Å²) in [6.07, 6.45) is 0. The lowest BCUT2D eigenvalue weighted by Crippen LogP contribution is -2.40. The maximum absolute atomic E-state index is 12.9. The molecule has 0 aliphatic carbocycles. The molecule has 0 saturated carbocycles. The largest absolute Gasteiger partial charge is 0.422 e. The number of nitrogens with zero attached hydrogens (tertiary/aromatic N) is 1. The number of fused-ring (bicyclic) bond motifs is 2. The molecule has 0 saturated heterocycles. The number of hydrogen-bond acceptors (Lipinski definition) is 4. The van der Waals surface area contributed by atoms with Crippen molar-refractivity contribution >= 4 is 33.4 Å². The SMILES string of the molecule is O=C(c1cc2ccccc2oc1=O)N1CCS(=O)c2ccccc21. The van der Waals surface area contributed by atoms with Gasteiger partial charge < -0.3 is 9.32 Å². The van der Waals surface area contributed by atoms with Gasteiger partial charge in [-0.3, -0.25) is 9.00 Å². The van der Waals surface area contributed by atoms with Crippen LogP contribution in [0.5, 0.6) is 0 Å². The van der Waals surface area contributed by atoms with Crippen LogP contribution in [-0.2, 0) is 10.8 Å². The van der Waals surface area contributed by atoms with Crippen LogP contribution < -0.4 is 10.5 Å². The van der Waals surface area contributed by atoms with Crippen molar-refractivity contribution in [2.45, 2.75) is 4.90 Å². The van der Waals surface area contributed by atoms with Crippen LogP contribution in [0.1, 0.15) is 10.4 Å². The Morgan fingerprint density at radius 1 is 1.08 bits per heavy atom. The highest BCUT2D eigenvalue weighted by Crippen LogP contribution is 2.29. The summed E-state index contributed by atoms with van der Waals surface area (Å²) in [6.45, 7) is 0.300. The molecule has 0 radical (unpaired) electrons. The van der Waals surface area contributed by atoms with E-state index in [0.717, 1.165) is 0 Å². The van der Waals surface area contributed by atoms with Crippen molar-refractivity contribution < 1.29 is 13.4 Å². The number of rotatable bonds is 1. The molecule has 120 valence electrons. The zero-order valence-corrected chi connectivity index (χ0v) is 13.4. The van der Waals surface area contributed by atoms with E-state index < -0.39 is 22.3 Å². The van der Waals surface area contributed by atoms with Gasteiger partial charge in [-0.25, -0.2) is 4.79 Å². The van der Waals surface area contributed by atoms with Crippen molar-refractivity contribution in [2.75, 3.05) is 17.2 Å². The number of carbonyl (C=O) groups excluding carboxylic acids is 1. The summed E-state index contributed by atoms with van der Waals surface area (Å²) >= 11 is 0. The van der Waals surface area contributed by atoms with Crippen molar-refractivity contribution in [3.05, 3.63) is 70.6 Å². The fourth-order valence-electron chi connectivity index (χ4n) is 2.84. The van der Waals surface area contributed by atoms with Crippen LogP contribution in [0.25, 0.3) is 11.0 Å². The number of benzene rings is 2. The van der Waals surface area contributed by atoms with Gasteiger partial charge in [-0.2, -0.15) is 0 Å². The molecule has 24 heavy (non-hydrogen) atoms. The van der Waals surface area contributed by atoms with Crippen molar-refractivity contribution in [2.24, 2.45) is 0 Å². The highest BCUT2D eigenvalue weighted by atomic mass is 32.2. The fourth-order valence-corrected chi connectivity index (χ4v) is 4.05. The quantitative estimate of drug-likeness (QED) is 0.639. The van der Waals surface area contributed by atoms with Crippen molar-refractivity contribution in [1.82, 2.24) is 0 Å². The summed E-state index contributed by atoms with van der Waals surface area (Å²) in [4.78, 5) is 27.2. The molecule has 0 N–H and O–H groups in total. The fraction of sp³-hybridized carbons (Fsp3) is 0.111. The highest BCUT2D eigenvalue weighted by molar-refractivity contribution is 7.85. The van der Waals surface area contributed by atoms with Gasteiger partial charge in [-0.05, 0) is 24.3 Å². The molecule has 1 amide bonds. The second kappa shape index (κ2) is 5.72. The lowest BCUT2D eigenvalue weighted by Gasteiger charge is -2.28. The summed E-state index contributed by atoms with van der Waals surface area (Å²) in [6, 6.07) is 15.7. The minimum atomic E-state index is -1.13. The lowest BCUT2D eigenvalue weighted by atomic mass is 10.1. The third-order valence-corrected chi connectivity index (χ3v) is 5.41. The molecule has 6 heteroatoms. The van der Waals surface area contributed by atoms with Gasteiger partial charge in [0, 0.05) is 17.7 Å². The van der Waals surface area contributed by atoms with Gasteiger partial charge in [-0.15, -0.1) is 0 Å². The Morgan fingerprint density at radius 3 is 2.71 bits per heavy atom. The first-order valence-electron chi connectivity index (χ1n) is 7.47. The standard InChI is InChI=1S/C18H13NO4S/c20-17(13-11-12-5-1-3-7-15(12)23-18(13)21)19-9-10-24(22)16-8-4-2-6-14(16)19/h1-8,11H,9-10H2. The number of hydrogen-bond donors (Lipinski definition) is 0. The third kappa shape index (κ3) is 2.35. The molecule has 0 fully saturated rings. The topological polar surface area (TPSA) is 67.6 Å². The average molecular weight is 339 g/mol. The molecule has 1 aliphatic heterocycles. The number of anilines is 1. The van der Waals surface area contributed by atoms with Crippen LogP contribution >= 0.6 is 0 Å². The molecule has 4 rings (SSSR count). The number of para-hydroxylation sites is 2. The zero-order valence-electron chi connectivity index (χ0n) is 12.6. The van der Waals surface area contributed by atoms with E-state index in [1.54, 1.807) is 48.5 Å². The Bertz CT molecular complexity index is 1040. The molecule has 2 heterocycles. The summed E-state index contributed by atoms with van der Waals surface area (Å²) in [5, 5.41) is 0.689. The summed E-state index contributed by atoms with van der Waals surface area (Å²) in [7, 11) is -1.13. The Balaban J connectivity index is 1.83. The normalized spacial score (nSPS) is 16.8. The van der Waals surface area contributed by atoms with Crippen LogP contribution in [0.15, 0.2) is 68.7 Å². The summed E-state index contributed by atoms with van der Waals surface area (Å²) < 4.78 is 17.4. The number of amides is 1. The summed E-state index contributed by atoms with van der Waals surface area (Å²) in [5.74, 6) is -0.0829. The number of carbonyl (C=O) groups is 1. The van der Waals surface area contributed by atoms with Gasteiger partial charge in [0.2, 0.25) is 0 Å². The van der Waals surface area contributed by atoms with Gasteiger partial charge in [0.1, 0.15) is 11.1 Å². The van der Waals surface area contributed by atoms with E-state index in [1.807, 2.05) is 6.07 Å². The smallest absolute Gasteiger partial charge is 0.349 e. The van der Waals surface area contributed by atoms with E-state index in [2.05, 4.69) is 0 Å². The molecule has 3 aromatic rings. The van der Waals surface area contributed by atoms with Crippen LogP contribution in [0, 0.1) is 0 Å². The van der Waals surface area contributed by atoms with E-state index in [9.17, 15) is 13.8 Å². The van der Waals surface area contributed by atoms with E-state index >= 15 is 0 Å². The second-order valence-corrected chi connectivity index (χ2v) is 7.00. The molecular weight excluding hydrogens is 326 g/mol. The van der Waals surface area contributed by atoms with E-state index in [0.29, 0.717) is 33.8 Å². The monoisotopic (exact) mass is 339 g/mol. The van der Waals surface area contributed by atoms with Gasteiger partial charge in [0.15, 0.2) is 0 Å². The predicted molar refractivity (Wildman–Crippen MR) is 91.9 cm³/mol. The first-order chi connectivity index (χ1) is 11.6. The van der Waals surface area contributed by atoms with Crippen molar-refractivity contribution in [3.8, 4) is 0 Å². The zero-order chi connectivity index (χ0) is 16.7. The van der Waals surface area contributed by atoms with Gasteiger partial charge >= 0.3 is 5.63 Å². The molecule has 1 unspecified atom stereocenters. The van der Waals surface area contributed by atoms with Crippen molar-refractivity contribution in [3.63, 3.8) is 0 Å². The van der Waals surface area contributed by atoms with E-state index in [-0.39, 0.29) is 5.56 Å². The van der Waals surface area contributed by atoms with E-state index in [1.165, 1.54) is 4.90 Å². The first-order valence-corrected chi connectivity index (χ1v) is 8.79. The van der Waals surface area contributed by atoms with Gasteiger partial charge in [0.05, 0.1) is 21.4 Å². The summed E-state index contributed by atoms with van der Waals surface area (Å²) in [5.41, 5.74) is 0.345. The molecule has 1 aromatic heterocycles. The molecule has 1 atom stereocenters. The Labute approximate surface area is 140 Å². The average Bonchev–Trinajstić information content (AvgIpc) is 2.61. The molecule has 0 spiro atoms. The van der Waals surface area contributed by atoms with Crippen LogP contribution in [0.3, 0.4) is 0 Å². The maximum atomic E-state index is 12.9. The van der Waals surface area contributed by atoms with Gasteiger partial charge in [-0.1, -0.05) is 30.3 Å². The van der Waals surface area contributed by atoms with E-state index in [4.69, 9.17) is 4.42 Å². The lowest BCUT2D eigenvalue weighted by molar-refractivity contribution is 0.0984. The van der Waals surface area contributed by atoms with Crippen molar-refractivity contribution in [1.29, 1.82) is 0 Å². The van der Waals surface area contributed by atoms with Crippen LogP contribution in [-0.4, -0.2) is 22.4 Å². The molecular formula is C18H13NO4S. The molecule has 2 aromatic carbocycles. The maximum Gasteiger partial charge on any atom is 0.349 e. The minimum Gasteiger partial charge on any atom is -0.422 e. The molecule has 0 bridgehead atoms. The predicted octanol–water partition coefficient (Wildman–Crippen LogP) is 2.56. The molecule has 1 aliphatic rings. The highest BCUT2D eigenvalue weighted by Gasteiger charge is 2.28. The third-order valence-electron chi connectivity index (χ3n) is 4.02. The minimum absolute atomic E-state index is 0.0174. The Kier molecular flexibility index (Phi) is 3.54. The second-order valence-electron chi connectivity index (χ2n) is 5.46. The van der Waals surface area contributed by atoms with Crippen LogP contribution in [0.2, 0.25) is 0 Å².